The Kier molecular flexibility index (Phi) is 49.7. The van der Waals surface area contributed by atoms with E-state index in [2.05, 4.69) is 167 Å². The van der Waals surface area contributed by atoms with E-state index in [1.165, 1.54) is 0 Å². The number of ether oxygens (including phenoxy) is 5. The lowest BCUT2D eigenvalue weighted by atomic mass is 9.98. The second-order valence-electron chi connectivity index (χ2n) is 19.8. The Labute approximate surface area is 488 Å². The summed E-state index contributed by atoms with van der Waals surface area (Å²) in [7, 11) is 0. The number of aliphatic carboxylic acids is 1. The fourth-order valence-corrected chi connectivity index (χ4v) is 8.03. The van der Waals surface area contributed by atoms with Crippen LogP contribution in [-0.4, -0.2) is 89.2 Å². The fraction of sp³-hybridized carbons (Fsp3) is 0.565. The number of unbranched alkanes of at least 4 members (excludes halogenated alkanes) is 9. The summed E-state index contributed by atoms with van der Waals surface area (Å²) in [6.45, 7) is 5.55. The highest BCUT2D eigenvalue weighted by atomic mass is 16.7. The Morgan fingerprint density at radius 3 is 1.17 bits per heavy atom. The fourth-order valence-electron chi connectivity index (χ4n) is 8.03. The second-order valence-corrected chi connectivity index (χ2v) is 19.8. The highest BCUT2D eigenvalue weighted by molar-refractivity contribution is 5.74. The van der Waals surface area contributed by atoms with E-state index in [1.807, 2.05) is 12.2 Å². The molecule has 1 rings (SSSR count). The molecule has 3 N–H and O–H groups in total. The molecule has 12 heteroatoms. The number of carboxylic acids is 1. The summed E-state index contributed by atoms with van der Waals surface area (Å²) >= 11 is 0. The average Bonchev–Trinajstić information content (AvgIpc) is 3.53. The molecule has 0 spiro atoms. The molecule has 0 aliphatic carbocycles. The van der Waals surface area contributed by atoms with Gasteiger partial charge in [0, 0.05) is 19.3 Å². The van der Waals surface area contributed by atoms with Crippen LogP contribution < -0.4 is 0 Å². The van der Waals surface area contributed by atoms with Gasteiger partial charge in [-0.2, -0.15) is 0 Å². The first-order valence-corrected chi connectivity index (χ1v) is 30.5. The quantitative estimate of drug-likeness (QED) is 0.0228. The highest BCUT2D eigenvalue weighted by Gasteiger charge is 2.50. The average molecular weight is 1130 g/mol. The van der Waals surface area contributed by atoms with E-state index in [0.717, 1.165) is 135 Å². The molecule has 6 unspecified atom stereocenters. The second kappa shape index (κ2) is 54.9. The Balaban J connectivity index is 2.77. The number of hydrogen-bond acceptors (Lipinski definition) is 11. The van der Waals surface area contributed by atoms with Crippen LogP contribution in [0.3, 0.4) is 0 Å². The Bertz CT molecular complexity index is 2010. The number of esters is 3. The maximum absolute atomic E-state index is 13.2. The Morgan fingerprint density at radius 1 is 0.407 bits per heavy atom. The lowest BCUT2D eigenvalue weighted by molar-refractivity contribution is -0.301. The van der Waals surface area contributed by atoms with E-state index in [4.69, 9.17) is 23.7 Å². The van der Waals surface area contributed by atoms with Crippen molar-refractivity contribution in [1.29, 1.82) is 0 Å². The summed E-state index contributed by atoms with van der Waals surface area (Å²) in [5, 5.41) is 31.5. The summed E-state index contributed by atoms with van der Waals surface area (Å²) in [6, 6.07) is 0. The van der Waals surface area contributed by atoms with Gasteiger partial charge < -0.3 is 39.0 Å². The molecule has 6 atom stereocenters. The summed E-state index contributed by atoms with van der Waals surface area (Å²) in [5.41, 5.74) is 0. The number of hydrogen-bond donors (Lipinski definition) is 3. The Hall–Kier alpha value is -5.66. The van der Waals surface area contributed by atoms with Crippen LogP contribution in [-0.2, 0) is 42.9 Å². The highest BCUT2D eigenvalue weighted by Crippen LogP contribution is 2.26. The monoisotopic (exact) mass is 1120 g/mol. The molecule has 0 aromatic carbocycles. The molecule has 81 heavy (non-hydrogen) atoms. The molecule has 1 aliphatic rings. The predicted molar refractivity (Wildman–Crippen MR) is 330 cm³/mol. The molecule has 12 nitrogen and oxygen atoms in total. The molecule has 0 aromatic rings. The lowest BCUT2D eigenvalue weighted by Crippen LogP contribution is -2.61. The third-order valence-electron chi connectivity index (χ3n) is 12.6. The van der Waals surface area contributed by atoms with Crippen LogP contribution in [0.5, 0.6) is 0 Å². The van der Waals surface area contributed by atoms with Crippen molar-refractivity contribution in [2.24, 2.45) is 0 Å². The molecular formula is C69H104O12. The van der Waals surface area contributed by atoms with E-state index >= 15 is 0 Å². The number of carbonyl (C=O) groups is 4. The maximum atomic E-state index is 13.2. The first kappa shape index (κ1) is 73.4. The molecule has 1 saturated heterocycles. The zero-order chi connectivity index (χ0) is 58.9. The number of allylic oxidation sites excluding steroid dienone is 26. The van der Waals surface area contributed by atoms with Crippen LogP contribution in [0.4, 0.5) is 0 Å². The van der Waals surface area contributed by atoms with Crippen LogP contribution in [0.1, 0.15) is 201 Å². The van der Waals surface area contributed by atoms with Gasteiger partial charge in [0.15, 0.2) is 24.6 Å². The first-order chi connectivity index (χ1) is 39.6. The molecule has 0 aromatic heterocycles. The topological polar surface area (TPSA) is 175 Å². The van der Waals surface area contributed by atoms with Crippen molar-refractivity contribution >= 4 is 23.9 Å². The van der Waals surface area contributed by atoms with Crippen molar-refractivity contribution in [3.05, 3.63) is 158 Å². The number of aliphatic hydroxyl groups excluding tert-OH is 2. The molecule has 0 amide bonds. The molecule has 0 bridgehead atoms. The van der Waals surface area contributed by atoms with Crippen LogP contribution in [0.25, 0.3) is 0 Å². The van der Waals surface area contributed by atoms with E-state index in [1.54, 1.807) is 0 Å². The van der Waals surface area contributed by atoms with Gasteiger partial charge in [-0.15, -0.1) is 0 Å². The minimum Gasteiger partial charge on any atom is -0.479 e. The largest absolute Gasteiger partial charge is 0.479 e. The van der Waals surface area contributed by atoms with Gasteiger partial charge in [-0.25, -0.2) is 4.79 Å². The molecule has 1 fully saturated rings. The van der Waals surface area contributed by atoms with Crippen LogP contribution in [0, 0.1) is 0 Å². The summed E-state index contributed by atoms with van der Waals surface area (Å²) in [6.07, 6.45) is 67.8. The smallest absolute Gasteiger partial charge is 0.335 e. The molecular weight excluding hydrogens is 1020 g/mol. The van der Waals surface area contributed by atoms with Gasteiger partial charge in [-0.3, -0.25) is 14.4 Å². The molecule has 0 radical (unpaired) electrons. The van der Waals surface area contributed by atoms with Gasteiger partial charge in [-0.05, 0) is 135 Å². The van der Waals surface area contributed by atoms with Gasteiger partial charge in [0.05, 0.1) is 6.61 Å². The first-order valence-electron chi connectivity index (χ1n) is 30.5. The van der Waals surface area contributed by atoms with Gasteiger partial charge in [0.25, 0.3) is 0 Å². The van der Waals surface area contributed by atoms with Crippen LogP contribution >= 0.6 is 0 Å². The van der Waals surface area contributed by atoms with Crippen LogP contribution in [0.2, 0.25) is 0 Å². The lowest BCUT2D eigenvalue weighted by Gasteiger charge is -2.40. The van der Waals surface area contributed by atoms with Gasteiger partial charge in [0.2, 0.25) is 0 Å². The molecule has 0 saturated carbocycles. The zero-order valence-electron chi connectivity index (χ0n) is 49.7. The standard InChI is InChI=1S/C69H104O12/c1-4-7-10-13-16-19-22-25-28-30-31-33-35-37-40-43-46-49-52-55-61(70)77-58-60(79-62(71)56-53-50-47-44-41-39-36-32-29-26-23-20-17-14-11-8-5-2)59-78-69-67(65(74)64(73)66(81-69)68(75)76)80-63(72)57-54-51-48-45-42-38-34-27-24-21-18-15-12-9-6-3/h7-12,16-21,25-29,31,33-34,36-37,39-40,44,47,60,64-67,69,73-74H,4-6,13-15,22-24,30,32,35,38,41-43,45-46,48-59H2,1-3H3,(H,75,76)/b10-7-,11-8-,12-9-,19-16-,20-17-,21-18-,28-25-,29-26-,33-31-,34-27-,39-36-,40-37-,47-44-. The van der Waals surface area contributed by atoms with Gasteiger partial charge >= 0.3 is 23.9 Å². The van der Waals surface area contributed by atoms with E-state index in [-0.39, 0.29) is 25.9 Å². The van der Waals surface area contributed by atoms with Crippen molar-refractivity contribution in [3.63, 3.8) is 0 Å². The maximum Gasteiger partial charge on any atom is 0.335 e. The number of carboxylic acid groups (broad SMARTS) is 1. The number of carbonyl (C=O) groups excluding carboxylic acids is 3. The van der Waals surface area contributed by atoms with E-state index in [0.29, 0.717) is 25.7 Å². The third kappa shape index (κ3) is 44.7. The minimum atomic E-state index is -1.93. The molecule has 1 heterocycles. The minimum absolute atomic E-state index is 0.0211. The van der Waals surface area contributed by atoms with E-state index in [9.17, 15) is 34.5 Å². The van der Waals surface area contributed by atoms with E-state index < -0.39 is 67.3 Å². The molecule has 1 aliphatic heterocycles. The van der Waals surface area contributed by atoms with Gasteiger partial charge in [0.1, 0.15) is 18.8 Å². The third-order valence-corrected chi connectivity index (χ3v) is 12.6. The zero-order valence-corrected chi connectivity index (χ0v) is 49.7. The van der Waals surface area contributed by atoms with Crippen molar-refractivity contribution in [1.82, 2.24) is 0 Å². The Morgan fingerprint density at radius 2 is 0.753 bits per heavy atom. The normalized spacial score (nSPS) is 18.9. The summed E-state index contributed by atoms with van der Waals surface area (Å²) in [5.74, 6) is -3.30. The van der Waals surface area contributed by atoms with Gasteiger partial charge in [-0.1, -0.05) is 204 Å². The van der Waals surface area contributed by atoms with Crippen molar-refractivity contribution in [3.8, 4) is 0 Å². The van der Waals surface area contributed by atoms with Crippen molar-refractivity contribution in [2.75, 3.05) is 13.2 Å². The molecule has 452 valence electrons. The van der Waals surface area contributed by atoms with Crippen molar-refractivity contribution < 1.29 is 58.2 Å². The SMILES string of the molecule is CC/C=C\C/C=C\C/C=C\C/C=C\C/C=C\CCCCCC(=O)OCC(COC1OC(C(=O)O)C(O)C(O)C1OC(=O)CCCCCCC/C=C\C/C=C\C/C=C\CC)OC(=O)CCC/C=C\C/C=C\C/C=C\C/C=C\C/C=C\CC. The summed E-state index contributed by atoms with van der Waals surface area (Å²) in [4.78, 5) is 51.2. The number of aliphatic hydroxyl groups is 2. The number of rotatable bonds is 49. The predicted octanol–water partition coefficient (Wildman–Crippen LogP) is 16.1. The van der Waals surface area contributed by atoms with Crippen molar-refractivity contribution in [2.45, 2.75) is 237 Å². The summed E-state index contributed by atoms with van der Waals surface area (Å²) < 4.78 is 28.3. The van der Waals surface area contributed by atoms with Crippen LogP contribution in [0.15, 0.2) is 158 Å².